The van der Waals surface area contributed by atoms with Gasteiger partial charge in [0, 0.05) is 18.7 Å². The molecule has 1 N–H and O–H groups in total. The molecule has 2 aliphatic rings. The van der Waals surface area contributed by atoms with E-state index in [4.69, 9.17) is 4.74 Å². The lowest BCUT2D eigenvalue weighted by molar-refractivity contribution is -0.111. The summed E-state index contributed by atoms with van der Waals surface area (Å²) in [6.07, 6.45) is 2.84. The number of carbonyl (C=O) groups is 2. The number of ether oxygens (including phenoxy) is 1. The third-order valence-corrected chi connectivity index (χ3v) is 8.18. The minimum Gasteiger partial charge on any atom is -0.378 e. The first-order valence-corrected chi connectivity index (χ1v) is 11.9. The molecule has 1 aromatic heterocycles. The van der Waals surface area contributed by atoms with Crippen molar-refractivity contribution in [1.29, 1.82) is 0 Å². The molecular weight excluding hydrogens is 426 g/mol. The van der Waals surface area contributed by atoms with Crippen molar-refractivity contribution in [2.75, 3.05) is 31.6 Å². The van der Waals surface area contributed by atoms with Crippen LogP contribution in [0.1, 0.15) is 28.1 Å². The number of benzene rings is 1. The van der Waals surface area contributed by atoms with Crippen LogP contribution in [0.4, 0.5) is 5.13 Å². The lowest BCUT2D eigenvalue weighted by atomic mass is 10.1. The quantitative estimate of drug-likeness (QED) is 0.681. The summed E-state index contributed by atoms with van der Waals surface area (Å²) >= 11 is 1.10. The maximum Gasteiger partial charge on any atom is 0.265 e. The third-order valence-electron chi connectivity index (χ3n) is 5.00. The largest absolute Gasteiger partial charge is 0.378 e. The van der Waals surface area contributed by atoms with E-state index in [2.05, 4.69) is 16.9 Å². The molecule has 10 heteroatoms. The molecule has 1 aliphatic carbocycles. The highest BCUT2D eigenvalue weighted by molar-refractivity contribution is 7.92. The molecule has 1 aliphatic heterocycles. The molecule has 0 unspecified atom stereocenters. The van der Waals surface area contributed by atoms with E-state index in [9.17, 15) is 18.0 Å². The Morgan fingerprint density at radius 3 is 2.47 bits per heavy atom. The zero-order valence-corrected chi connectivity index (χ0v) is 17.8. The number of hydrogen-bond acceptors (Lipinski definition) is 7. The number of sulfone groups is 1. The number of thiazole rings is 1. The molecule has 8 nitrogen and oxygen atoms in total. The van der Waals surface area contributed by atoms with Gasteiger partial charge in [0.15, 0.2) is 15.0 Å². The minimum absolute atomic E-state index is 0.136. The standard InChI is InChI=1S/C20H21N3O5S2/c1-13(14-2-4-15(5-3-14)30(26,27)16-6-7-16)18(24)22-20-21-12-17(29-20)19(25)23-8-10-28-11-9-23/h2-5,12,16H,1,6-11H2,(H,21,22,24). The maximum absolute atomic E-state index is 12.5. The fourth-order valence-electron chi connectivity index (χ4n) is 3.07. The van der Waals surface area contributed by atoms with E-state index < -0.39 is 15.7 Å². The third kappa shape index (κ3) is 4.30. The maximum atomic E-state index is 12.5. The average Bonchev–Trinajstić information content (AvgIpc) is 3.54. The van der Waals surface area contributed by atoms with Gasteiger partial charge < -0.3 is 9.64 Å². The molecule has 1 aromatic carbocycles. The predicted molar refractivity (Wildman–Crippen MR) is 113 cm³/mol. The van der Waals surface area contributed by atoms with Gasteiger partial charge in [-0.15, -0.1) is 0 Å². The average molecular weight is 448 g/mol. The number of hydrogen-bond donors (Lipinski definition) is 1. The first kappa shape index (κ1) is 20.7. The van der Waals surface area contributed by atoms with Gasteiger partial charge in [-0.3, -0.25) is 14.9 Å². The summed E-state index contributed by atoms with van der Waals surface area (Å²) in [6, 6.07) is 6.16. The number of nitrogens with zero attached hydrogens (tertiary/aromatic N) is 2. The van der Waals surface area contributed by atoms with E-state index in [0.29, 0.717) is 54.7 Å². The van der Waals surface area contributed by atoms with E-state index in [0.717, 1.165) is 11.3 Å². The van der Waals surface area contributed by atoms with Gasteiger partial charge in [0.1, 0.15) is 4.88 Å². The highest BCUT2D eigenvalue weighted by Crippen LogP contribution is 2.33. The summed E-state index contributed by atoms with van der Waals surface area (Å²) in [7, 11) is -3.27. The Hall–Kier alpha value is -2.56. The first-order chi connectivity index (χ1) is 14.4. The Morgan fingerprint density at radius 2 is 1.83 bits per heavy atom. The van der Waals surface area contributed by atoms with Crippen molar-refractivity contribution in [3.63, 3.8) is 0 Å². The number of nitrogens with one attached hydrogen (secondary N) is 1. The number of aromatic nitrogens is 1. The Morgan fingerprint density at radius 1 is 1.17 bits per heavy atom. The van der Waals surface area contributed by atoms with Gasteiger partial charge in [0.05, 0.1) is 29.6 Å². The summed E-state index contributed by atoms with van der Waals surface area (Å²) in [6.45, 7) is 5.88. The van der Waals surface area contributed by atoms with Crippen LogP contribution in [0.3, 0.4) is 0 Å². The van der Waals surface area contributed by atoms with Crippen LogP contribution in [-0.2, 0) is 19.4 Å². The Kier molecular flexibility index (Phi) is 5.72. The molecule has 2 amide bonds. The van der Waals surface area contributed by atoms with Crippen molar-refractivity contribution in [2.24, 2.45) is 0 Å². The molecule has 1 saturated carbocycles. The molecule has 4 rings (SSSR count). The molecule has 2 aromatic rings. The van der Waals surface area contributed by atoms with Gasteiger partial charge in [-0.25, -0.2) is 13.4 Å². The monoisotopic (exact) mass is 447 g/mol. The van der Waals surface area contributed by atoms with Crippen molar-refractivity contribution in [3.05, 3.63) is 47.5 Å². The normalized spacial score (nSPS) is 16.9. The topological polar surface area (TPSA) is 106 Å². The van der Waals surface area contributed by atoms with E-state index in [1.807, 2.05) is 0 Å². The molecule has 0 radical (unpaired) electrons. The fourth-order valence-corrected chi connectivity index (χ4v) is 5.51. The van der Waals surface area contributed by atoms with Crippen LogP contribution in [0.5, 0.6) is 0 Å². The first-order valence-electron chi connectivity index (χ1n) is 9.53. The fraction of sp³-hybridized carbons (Fsp3) is 0.350. The molecular formula is C20H21N3O5S2. The van der Waals surface area contributed by atoms with Crippen LogP contribution in [0.2, 0.25) is 0 Å². The zero-order chi connectivity index (χ0) is 21.3. The van der Waals surface area contributed by atoms with Crippen LogP contribution in [0.25, 0.3) is 5.57 Å². The Balaban J connectivity index is 1.39. The summed E-state index contributed by atoms with van der Waals surface area (Å²) < 4.78 is 29.8. The summed E-state index contributed by atoms with van der Waals surface area (Å²) in [5, 5.41) is 2.66. The van der Waals surface area contributed by atoms with Crippen LogP contribution >= 0.6 is 11.3 Å². The summed E-state index contributed by atoms with van der Waals surface area (Å²) in [5.74, 6) is -0.602. The molecule has 2 heterocycles. The van der Waals surface area contributed by atoms with Gasteiger partial charge in [-0.05, 0) is 30.5 Å². The molecule has 30 heavy (non-hydrogen) atoms. The van der Waals surface area contributed by atoms with Gasteiger partial charge in [0.25, 0.3) is 11.8 Å². The second-order valence-corrected chi connectivity index (χ2v) is 10.4. The number of amides is 2. The van der Waals surface area contributed by atoms with Gasteiger partial charge in [0.2, 0.25) is 0 Å². The lowest BCUT2D eigenvalue weighted by Crippen LogP contribution is -2.40. The van der Waals surface area contributed by atoms with Crippen molar-refractivity contribution in [1.82, 2.24) is 9.88 Å². The van der Waals surface area contributed by atoms with E-state index in [1.165, 1.54) is 18.3 Å². The zero-order valence-electron chi connectivity index (χ0n) is 16.2. The Labute approximate surface area is 178 Å². The minimum atomic E-state index is -3.27. The number of carbonyl (C=O) groups excluding carboxylic acids is 2. The van der Waals surface area contributed by atoms with Gasteiger partial charge >= 0.3 is 0 Å². The second kappa shape index (κ2) is 8.29. The molecule has 1 saturated heterocycles. The Bertz CT molecular complexity index is 1080. The highest BCUT2D eigenvalue weighted by Gasteiger charge is 2.36. The summed E-state index contributed by atoms with van der Waals surface area (Å²) in [4.78, 5) is 31.5. The van der Waals surface area contributed by atoms with Crippen LogP contribution < -0.4 is 5.32 Å². The van der Waals surface area contributed by atoms with Gasteiger partial charge in [-0.2, -0.15) is 0 Å². The van der Waals surface area contributed by atoms with E-state index in [-0.39, 0.29) is 21.6 Å². The van der Waals surface area contributed by atoms with Crippen LogP contribution in [-0.4, -0.2) is 61.7 Å². The lowest BCUT2D eigenvalue weighted by Gasteiger charge is -2.26. The SMILES string of the molecule is C=C(C(=O)Nc1ncc(C(=O)N2CCOCC2)s1)c1ccc(S(=O)(=O)C2CC2)cc1. The van der Waals surface area contributed by atoms with Crippen molar-refractivity contribution in [3.8, 4) is 0 Å². The molecule has 158 valence electrons. The smallest absolute Gasteiger partial charge is 0.265 e. The second-order valence-electron chi connectivity index (χ2n) is 7.14. The van der Waals surface area contributed by atoms with E-state index in [1.54, 1.807) is 17.0 Å². The van der Waals surface area contributed by atoms with Crippen molar-refractivity contribution < 1.29 is 22.7 Å². The number of morpholine rings is 1. The molecule has 0 bridgehead atoms. The van der Waals surface area contributed by atoms with Crippen molar-refractivity contribution in [2.45, 2.75) is 23.0 Å². The molecule has 0 spiro atoms. The number of rotatable bonds is 6. The predicted octanol–water partition coefficient (Wildman–Crippen LogP) is 2.20. The number of anilines is 1. The van der Waals surface area contributed by atoms with Gasteiger partial charge in [-0.1, -0.05) is 30.0 Å². The van der Waals surface area contributed by atoms with E-state index >= 15 is 0 Å². The van der Waals surface area contributed by atoms with Crippen LogP contribution in [0.15, 0.2) is 41.9 Å². The molecule has 0 atom stereocenters. The van der Waals surface area contributed by atoms with Crippen molar-refractivity contribution >= 4 is 43.7 Å². The van der Waals surface area contributed by atoms with Crippen LogP contribution in [0, 0.1) is 0 Å². The summed E-state index contributed by atoms with van der Waals surface area (Å²) in [5.41, 5.74) is 0.699. The molecule has 2 fully saturated rings. The highest BCUT2D eigenvalue weighted by atomic mass is 32.2.